The Morgan fingerprint density at radius 3 is 0.921 bits per heavy atom. The number of carbonyl (C=O) groups is 3. The van der Waals surface area contributed by atoms with E-state index in [1.54, 1.807) is 48.5 Å². The maximum absolute atomic E-state index is 10.9. The van der Waals surface area contributed by atoms with Gasteiger partial charge in [-0.2, -0.15) is 0 Å². The minimum Gasteiger partial charge on any atom is -0.548 e. The van der Waals surface area contributed by atoms with Crippen LogP contribution in [0.5, 0.6) is 51.7 Å². The van der Waals surface area contributed by atoms with Crippen molar-refractivity contribution in [3.8, 4) is 51.7 Å². The zero-order chi connectivity index (χ0) is 54.3. The van der Waals surface area contributed by atoms with Crippen LogP contribution in [-0.2, 0) is 33.6 Å². The van der Waals surface area contributed by atoms with Crippen molar-refractivity contribution in [1.29, 1.82) is 0 Å². The molecule has 6 aromatic rings. The number of ether oxygens (including phenoxy) is 3. The quantitative estimate of drug-likeness (QED) is 0.0356. The fraction of sp³-hybridized carbons (Fsp3) is 0.152. The Morgan fingerprint density at radius 1 is 0.447 bits per heavy atom. The summed E-state index contributed by atoms with van der Waals surface area (Å²) >= 11 is 25.3. The van der Waals surface area contributed by atoms with Crippen LogP contribution in [0.4, 0.5) is 0 Å². The van der Waals surface area contributed by atoms with Crippen molar-refractivity contribution in [2.75, 3.05) is 0 Å². The third-order valence-electron chi connectivity index (χ3n) is 8.96. The molecule has 0 bridgehead atoms. The van der Waals surface area contributed by atoms with E-state index in [4.69, 9.17) is 41.6 Å². The van der Waals surface area contributed by atoms with Crippen LogP contribution in [0.1, 0.15) is 24.1 Å². The maximum Gasteiger partial charge on any atom is 1.00 e. The van der Waals surface area contributed by atoms with Gasteiger partial charge in [0.2, 0.25) is 0 Å². The summed E-state index contributed by atoms with van der Waals surface area (Å²) in [7, 11) is 0. The Bertz CT molecular complexity index is 2670. The van der Waals surface area contributed by atoms with Crippen molar-refractivity contribution in [2.45, 2.75) is 44.8 Å². The molecule has 3 unspecified atom stereocenters. The van der Waals surface area contributed by atoms with Gasteiger partial charge >= 0.3 is 71.1 Å². The predicted molar refractivity (Wildman–Crippen MR) is 397 cm³/mol. The molecular weight excluding hydrogens is 2480 g/mol. The first kappa shape index (κ1) is 82.0. The number of phenolic OH excluding ortho intramolecular Hbond substituents is 3. The SMILES string of the molecule is C.I.II.NC(Cc1cc(I)c(Oc2cc(I)c(O)c(I)c2)c(I)c1)C(=O)O.NC(Cc1cc(I)c(Oc2cc(I)c(O)c(I)c2)c(I)c1)C(=O)[O-].NC(Cc1cc(I)c(Oc2ccc(O)cc2)c(I)c1)C(=O)O.[Na+].[Na+]. The fourth-order valence-electron chi connectivity index (χ4n) is 5.57. The van der Waals surface area contributed by atoms with E-state index in [2.05, 4.69) is 218 Å². The van der Waals surface area contributed by atoms with Gasteiger partial charge in [-0.25, -0.2) is 0 Å². The van der Waals surface area contributed by atoms with Crippen LogP contribution in [0.3, 0.4) is 0 Å². The molecular formula is C46H39I13N3Na2O12+. The Kier molecular flexibility index (Phi) is 44.4. The molecule has 0 radical (unpaired) electrons. The predicted octanol–water partition coefficient (Wildman–Crippen LogP) is 8.16. The first-order valence-electron chi connectivity index (χ1n) is 19.4. The van der Waals surface area contributed by atoms with Gasteiger partial charge in [-0.3, -0.25) is 9.59 Å². The number of hydrogen-bond donors (Lipinski definition) is 8. The van der Waals surface area contributed by atoms with Crippen LogP contribution in [0.15, 0.2) is 84.9 Å². The summed E-state index contributed by atoms with van der Waals surface area (Å²) in [6.45, 7) is 0. The van der Waals surface area contributed by atoms with Gasteiger partial charge in [0.15, 0.2) is 17.2 Å². The van der Waals surface area contributed by atoms with Crippen LogP contribution in [0, 0.1) is 35.7 Å². The van der Waals surface area contributed by atoms with Crippen LogP contribution in [-0.4, -0.2) is 61.6 Å². The summed E-state index contributed by atoms with van der Waals surface area (Å²) in [6.07, 6.45) is 0.723. The van der Waals surface area contributed by atoms with Gasteiger partial charge in [0, 0.05) is 43.3 Å². The molecule has 0 heterocycles. The summed E-state index contributed by atoms with van der Waals surface area (Å²) in [6, 6.07) is 21.8. The first-order chi connectivity index (χ1) is 33.7. The van der Waals surface area contributed by atoms with Gasteiger partial charge in [0.1, 0.15) is 46.6 Å². The molecule has 0 aliphatic carbocycles. The molecule has 0 saturated heterocycles. The number of hydrogen-bond acceptors (Lipinski definition) is 13. The molecule has 6 aromatic carbocycles. The molecule has 0 aliphatic rings. The van der Waals surface area contributed by atoms with E-state index >= 15 is 0 Å². The van der Waals surface area contributed by atoms with Crippen molar-refractivity contribution < 1.29 is 118 Å². The molecule has 0 saturated carbocycles. The molecule has 30 heteroatoms. The van der Waals surface area contributed by atoms with Crippen molar-refractivity contribution in [1.82, 2.24) is 0 Å². The smallest absolute Gasteiger partial charge is 0.548 e. The number of aliphatic carboxylic acids is 3. The monoisotopic (exact) mass is 2520 g/mol. The minimum absolute atomic E-state index is 0. The van der Waals surface area contributed by atoms with Gasteiger partial charge < -0.3 is 66.8 Å². The number of phenols is 3. The zero-order valence-corrected chi connectivity index (χ0v) is 70.4. The average Bonchev–Trinajstić information content (AvgIpc) is 3.30. The molecule has 15 nitrogen and oxygen atoms in total. The molecule has 0 aliphatic heterocycles. The Morgan fingerprint density at radius 2 is 0.684 bits per heavy atom. The van der Waals surface area contributed by atoms with Gasteiger partial charge in [0.05, 0.1) is 41.7 Å². The van der Waals surface area contributed by atoms with Gasteiger partial charge in [-0.05, 0) is 347 Å². The fourth-order valence-corrected chi connectivity index (χ4v) is 15.3. The zero-order valence-electron chi connectivity index (χ0n) is 38.2. The molecule has 0 spiro atoms. The second kappa shape index (κ2) is 41.1. The molecule has 0 amide bonds. The minimum atomic E-state index is -1.27. The van der Waals surface area contributed by atoms with Crippen LogP contribution in [0.25, 0.3) is 0 Å². The largest absolute Gasteiger partial charge is 1.00 e. The number of halogens is 13. The number of carboxylic acids is 3. The number of carbonyl (C=O) groups excluding carboxylic acids is 1. The average molecular weight is 2520 g/mol. The van der Waals surface area contributed by atoms with Gasteiger partial charge in [-0.1, -0.05) is 7.43 Å². The standard InChI is InChI=1S/2C15H11I4NO4.C15H13I2NO4.CH4.I2.HI.2Na/c2*16-8-4-7(5-9(17)13(8)21)24-14-10(18)1-6(2-11(14)19)3-12(20)15(22)23;16-11-5-8(7-13(18)15(20)21)6-12(17)14(11)22-10-3-1-9(19)2-4-10;;1-2;;;/h2*1-2,4-5,12,21H,3,20H2,(H,22,23);1-6,13,19H,7,18H2,(H,20,21);1H4;;1H;;/q;;;;;;2*+1/p-1. The normalized spacial score (nSPS) is 11.1. The van der Waals surface area contributed by atoms with E-state index < -0.39 is 36.0 Å². The van der Waals surface area contributed by atoms with Crippen LogP contribution < -0.4 is 95.6 Å². The third-order valence-corrected chi connectivity index (χ3v) is 17.1. The number of aromatic hydroxyl groups is 3. The van der Waals surface area contributed by atoms with E-state index in [0.29, 0.717) is 48.8 Å². The number of nitrogens with two attached hydrogens (primary N) is 3. The number of benzene rings is 6. The maximum atomic E-state index is 10.9. The number of rotatable bonds is 15. The second-order valence-corrected chi connectivity index (χ2v) is 26.0. The van der Waals surface area contributed by atoms with Crippen molar-refractivity contribution >= 4 is 305 Å². The van der Waals surface area contributed by atoms with E-state index in [0.717, 1.165) is 38.1 Å². The Balaban J connectivity index is 0. The summed E-state index contributed by atoms with van der Waals surface area (Å²) in [5, 5.41) is 57.5. The summed E-state index contributed by atoms with van der Waals surface area (Å²) < 4.78 is 25.8. The molecule has 11 N–H and O–H groups in total. The van der Waals surface area contributed by atoms with Crippen molar-refractivity contribution in [3.63, 3.8) is 0 Å². The van der Waals surface area contributed by atoms with Crippen LogP contribution in [0.2, 0.25) is 0 Å². The second-order valence-electron chi connectivity index (χ2n) is 14.4. The summed E-state index contributed by atoms with van der Waals surface area (Å²) in [4.78, 5) is 32.5. The van der Waals surface area contributed by atoms with E-state index in [-0.39, 0.29) is 127 Å². The van der Waals surface area contributed by atoms with E-state index in [9.17, 15) is 34.8 Å². The van der Waals surface area contributed by atoms with Gasteiger partial charge in [-0.15, -0.1) is 24.0 Å². The van der Waals surface area contributed by atoms with Crippen molar-refractivity contribution in [2.24, 2.45) is 17.2 Å². The molecule has 3 atom stereocenters. The third kappa shape index (κ3) is 27.3. The van der Waals surface area contributed by atoms with Gasteiger partial charge in [0.25, 0.3) is 0 Å². The summed E-state index contributed by atoms with van der Waals surface area (Å²) in [5.74, 6) is 1.28. The Hall–Kier alpha value is 3.90. The number of carboxylic acid groups (broad SMARTS) is 3. The molecule has 402 valence electrons. The molecule has 76 heavy (non-hydrogen) atoms. The molecule has 0 fully saturated rings. The van der Waals surface area contributed by atoms with Crippen LogP contribution >= 0.6 is 287 Å². The Labute approximate surface area is 660 Å². The summed E-state index contributed by atoms with van der Waals surface area (Å²) in [5.41, 5.74) is 19.2. The topological polar surface area (TPSA) is 281 Å². The first-order valence-corrected chi connectivity index (χ1v) is 36.5. The molecule has 6 rings (SSSR count). The van der Waals surface area contributed by atoms with E-state index in [1.165, 1.54) is 0 Å². The van der Waals surface area contributed by atoms with E-state index in [1.807, 2.05) is 81.6 Å². The molecule has 0 aromatic heterocycles. The van der Waals surface area contributed by atoms with Crippen molar-refractivity contribution in [3.05, 3.63) is 137 Å².